The van der Waals surface area contributed by atoms with Crippen molar-refractivity contribution in [2.45, 2.75) is 83.4 Å². The number of benzene rings is 1. The Morgan fingerprint density at radius 1 is 1.26 bits per heavy atom. The minimum absolute atomic E-state index is 0.155. The molecule has 0 unspecified atom stereocenters. The Hall–Kier alpha value is -1.66. The fourth-order valence-corrected chi connectivity index (χ4v) is 7.53. The van der Waals surface area contributed by atoms with Crippen LogP contribution >= 0.6 is 0 Å². The molecule has 7 atom stereocenters. The van der Waals surface area contributed by atoms with E-state index in [-0.39, 0.29) is 28.9 Å². The summed E-state index contributed by atoms with van der Waals surface area (Å²) in [5.41, 5.74) is 1.80. The van der Waals surface area contributed by atoms with Gasteiger partial charge in [-0.2, -0.15) is 0 Å². The van der Waals surface area contributed by atoms with Crippen LogP contribution in [-0.4, -0.2) is 60.1 Å². The van der Waals surface area contributed by atoms with Gasteiger partial charge in [0.25, 0.3) is 0 Å². The number of phenolic OH excluding ortho intramolecular Hbond substituents is 1. The molecule has 0 radical (unpaired) electrons. The molecule has 3 aliphatic carbocycles. The number of aliphatic hydroxyl groups excluding tert-OH is 1. The second kappa shape index (κ2) is 10.5. The molecular formula is C28H42FNO4. The van der Waals surface area contributed by atoms with Gasteiger partial charge in [0.2, 0.25) is 5.91 Å². The van der Waals surface area contributed by atoms with Gasteiger partial charge in [-0.3, -0.25) is 4.79 Å². The number of aliphatic hydroxyl groups is 1. The summed E-state index contributed by atoms with van der Waals surface area (Å²) in [5.74, 6) is 1.10. The predicted octanol–water partition coefficient (Wildman–Crippen LogP) is 4.84. The Morgan fingerprint density at radius 2 is 2.06 bits per heavy atom. The number of phenols is 1. The molecule has 0 bridgehead atoms. The molecule has 6 heteroatoms. The summed E-state index contributed by atoms with van der Waals surface area (Å²) in [6.07, 6.45) is 4.96. The van der Waals surface area contributed by atoms with Crippen LogP contribution in [0.25, 0.3) is 0 Å². The zero-order valence-corrected chi connectivity index (χ0v) is 21.0. The van der Waals surface area contributed by atoms with Gasteiger partial charge in [0, 0.05) is 32.5 Å². The lowest BCUT2D eigenvalue weighted by atomic mass is 9.51. The highest BCUT2D eigenvalue weighted by atomic mass is 19.1. The van der Waals surface area contributed by atoms with Crippen molar-refractivity contribution >= 4 is 5.91 Å². The number of rotatable bonds is 9. The fourth-order valence-electron chi connectivity index (χ4n) is 7.53. The zero-order chi connectivity index (χ0) is 24.5. The van der Waals surface area contributed by atoms with Gasteiger partial charge < -0.3 is 19.8 Å². The molecule has 0 aromatic heterocycles. The molecule has 1 aromatic rings. The Morgan fingerprint density at radius 3 is 2.79 bits per heavy atom. The lowest BCUT2D eigenvalue weighted by Crippen LogP contribution is -2.51. The Bertz CT molecular complexity index is 863. The van der Waals surface area contributed by atoms with Crippen LogP contribution in [0, 0.1) is 23.2 Å². The Labute approximate surface area is 203 Å². The number of ether oxygens (including phenoxy) is 1. The number of carbonyl (C=O) groups is 1. The fraction of sp³-hybridized carbons (Fsp3) is 0.750. The number of alkyl halides is 1. The van der Waals surface area contributed by atoms with Crippen molar-refractivity contribution in [1.82, 2.24) is 4.90 Å². The van der Waals surface area contributed by atoms with E-state index in [4.69, 9.17) is 4.74 Å². The van der Waals surface area contributed by atoms with Crippen LogP contribution in [0.15, 0.2) is 18.2 Å². The van der Waals surface area contributed by atoms with Crippen LogP contribution in [0.2, 0.25) is 0 Å². The highest BCUT2D eigenvalue weighted by molar-refractivity contribution is 5.75. The molecule has 2 N–H and O–H groups in total. The first-order chi connectivity index (χ1) is 16.3. The molecule has 2 fully saturated rings. The largest absolute Gasteiger partial charge is 0.508 e. The first-order valence-electron chi connectivity index (χ1n) is 13.2. The van der Waals surface area contributed by atoms with E-state index in [1.54, 1.807) is 13.2 Å². The summed E-state index contributed by atoms with van der Waals surface area (Å²) in [6.45, 7) is 5.87. The minimum atomic E-state index is -0.975. The molecule has 0 saturated heterocycles. The van der Waals surface area contributed by atoms with Gasteiger partial charge in [-0.1, -0.05) is 26.3 Å². The summed E-state index contributed by atoms with van der Waals surface area (Å²) in [4.78, 5) is 14.2. The average molecular weight is 476 g/mol. The van der Waals surface area contributed by atoms with Gasteiger partial charge in [0.1, 0.15) is 11.9 Å². The molecule has 1 amide bonds. The molecule has 0 spiro atoms. The van der Waals surface area contributed by atoms with Crippen molar-refractivity contribution < 1.29 is 24.1 Å². The Kier molecular flexibility index (Phi) is 7.88. The normalized spacial score (nSPS) is 34.3. The third-order valence-electron chi connectivity index (χ3n) is 9.25. The van der Waals surface area contributed by atoms with Crippen molar-refractivity contribution in [3.05, 3.63) is 29.3 Å². The predicted molar refractivity (Wildman–Crippen MR) is 130 cm³/mol. The molecule has 0 heterocycles. The smallest absolute Gasteiger partial charge is 0.222 e. The number of nitrogens with zero attached hydrogens (tertiary/aromatic N) is 1. The summed E-state index contributed by atoms with van der Waals surface area (Å²) in [7, 11) is 1.65. The van der Waals surface area contributed by atoms with Gasteiger partial charge in [-0.15, -0.1) is 0 Å². The lowest BCUT2D eigenvalue weighted by Gasteiger charge is -2.54. The maximum absolute atomic E-state index is 15.8. The van der Waals surface area contributed by atoms with Crippen LogP contribution in [0.4, 0.5) is 4.39 Å². The molecule has 3 aliphatic rings. The second-order valence-electron chi connectivity index (χ2n) is 11.1. The molecular weight excluding hydrogens is 433 g/mol. The summed E-state index contributed by atoms with van der Waals surface area (Å²) < 4.78 is 21.0. The minimum Gasteiger partial charge on any atom is -0.508 e. The number of unbranched alkanes of at least 4 members (excludes halogenated alkanes) is 1. The third-order valence-corrected chi connectivity index (χ3v) is 9.25. The Balaban J connectivity index is 1.51. The van der Waals surface area contributed by atoms with E-state index >= 15 is 4.39 Å². The van der Waals surface area contributed by atoms with Crippen LogP contribution in [0.3, 0.4) is 0 Å². The van der Waals surface area contributed by atoms with Gasteiger partial charge in [0.05, 0.1) is 12.7 Å². The monoisotopic (exact) mass is 475 g/mol. The molecule has 1 aromatic carbocycles. The maximum Gasteiger partial charge on any atom is 0.222 e. The van der Waals surface area contributed by atoms with E-state index in [9.17, 15) is 15.0 Å². The van der Waals surface area contributed by atoms with Crippen LogP contribution in [0.1, 0.15) is 75.8 Å². The lowest BCUT2D eigenvalue weighted by molar-refractivity contribution is -0.131. The summed E-state index contributed by atoms with van der Waals surface area (Å²) >= 11 is 0. The number of carbonyl (C=O) groups excluding carboxylic acids is 1. The number of fused-ring (bicyclic) bond motifs is 5. The molecule has 2 saturated carbocycles. The van der Waals surface area contributed by atoms with E-state index in [1.807, 2.05) is 24.0 Å². The van der Waals surface area contributed by atoms with Crippen molar-refractivity contribution in [2.24, 2.45) is 23.2 Å². The van der Waals surface area contributed by atoms with E-state index in [2.05, 4.69) is 6.92 Å². The van der Waals surface area contributed by atoms with E-state index < -0.39 is 12.3 Å². The first kappa shape index (κ1) is 25.4. The van der Waals surface area contributed by atoms with Gasteiger partial charge >= 0.3 is 0 Å². The van der Waals surface area contributed by atoms with Crippen LogP contribution in [0.5, 0.6) is 5.75 Å². The summed E-state index contributed by atoms with van der Waals surface area (Å²) in [5, 5.41) is 20.9. The highest BCUT2D eigenvalue weighted by Gasteiger charge is 2.59. The molecule has 34 heavy (non-hydrogen) atoms. The zero-order valence-electron chi connectivity index (χ0n) is 21.0. The van der Waals surface area contributed by atoms with E-state index in [1.165, 1.54) is 0 Å². The van der Waals surface area contributed by atoms with Crippen molar-refractivity contribution in [2.75, 3.05) is 26.8 Å². The van der Waals surface area contributed by atoms with Crippen molar-refractivity contribution in [3.63, 3.8) is 0 Å². The molecule has 190 valence electrons. The van der Waals surface area contributed by atoms with Crippen molar-refractivity contribution in [3.8, 4) is 5.75 Å². The number of aromatic hydroxyl groups is 1. The average Bonchev–Trinajstić information content (AvgIpc) is 3.11. The van der Waals surface area contributed by atoms with Crippen LogP contribution in [-0.2, 0) is 16.0 Å². The SMILES string of the molecule is CCC(=O)N(CCCC[C@@H]1Cc2cc(O)ccc2[C@@H]2[C@@H]1[C@@H]1CC[C@H](O)[C@@]1(C)C[C@@H]2F)CCOC. The quantitative estimate of drug-likeness (QED) is 0.502. The molecule has 0 aliphatic heterocycles. The molecule has 4 rings (SSSR count). The number of amides is 1. The first-order valence-corrected chi connectivity index (χ1v) is 13.2. The van der Waals surface area contributed by atoms with E-state index in [0.717, 1.165) is 56.2 Å². The maximum atomic E-state index is 15.8. The highest BCUT2D eigenvalue weighted by Crippen LogP contribution is 2.63. The standard InChI is InChI=1S/C28H42FNO4/c1-4-25(33)30(13-14-34-3)12-6-5-7-18-15-19-16-20(31)8-9-21(19)27-23(29)17-28(2)22(26(18)27)10-11-24(28)32/h8-9,16,18,22-24,26-27,31-32H,4-7,10-15,17H2,1-3H3/t18-,22+,23+,24+,26+,27+,28+/m1/s1. The third kappa shape index (κ3) is 4.73. The van der Waals surface area contributed by atoms with E-state index in [0.29, 0.717) is 37.8 Å². The number of hydrogen-bond donors (Lipinski definition) is 2. The van der Waals surface area contributed by atoms with Crippen molar-refractivity contribution in [1.29, 1.82) is 0 Å². The molecule has 5 nitrogen and oxygen atoms in total. The van der Waals surface area contributed by atoms with Crippen LogP contribution < -0.4 is 0 Å². The van der Waals surface area contributed by atoms with Gasteiger partial charge in [-0.05, 0) is 85.0 Å². The summed E-state index contributed by atoms with van der Waals surface area (Å²) in [6, 6.07) is 5.46. The topological polar surface area (TPSA) is 70.0 Å². The number of hydrogen-bond acceptors (Lipinski definition) is 4. The number of halogens is 1. The number of methoxy groups -OCH3 is 1. The van der Waals surface area contributed by atoms with Gasteiger partial charge in [-0.25, -0.2) is 4.39 Å². The second-order valence-corrected chi connectivity index (χ2v) is 11.1. The van der Waals surface area contributed by atoms with Gasteiger partial charge in [0.15, 0.2) is 0 Å².